The molecule has 0 radical (unpaired) electrons. The highest BCUT2D eigenvalue weighted by atomic mass is 79.9. The van der Waals surface area contributed by atoms with Crippen molar-refractivity contribution < 1.29 is 0 Å². The number of anilines is 1. The van der Waals surface area contributed by atoms with Crippen LogP contribution in [0.4, 0.5) is 5.69 Å². The van der Waals surface area contributed by atoms with Crippen LogP contribution in [0.15, 0.2) is 35.7 Å². The molecule has 0 saturated heterocycles. The van der Waals surface area contributed by atoms with Gasteiger partial charge in [0.1, 0.15) is 0 Å². The van der Waals surface area contributed by atoms with Crippen LogP contribution in [-0.2, 0) is 11.8 Å². The van der Waals surface area contributed by atoms with E-state index >= 15 is 0 Å². The molecule has 1 aromatic heterocycles. The maximum absolute atomic E-state index is 3.51. The molecule has 1 heterocycles. The number of benzene rings is 1. The molecule has 2 rings (SSSR count). The van der Waals surface area contributed by atoms with Crippen LogP contribution < -0.4 is 4.90 Å². The average molecular weight is 324 g/mol. The van der Waals surface area contributed by atoms with E-state index in [0.717, 1.165) is 18.3 Å². The molecule has 0 aliphatic carbocycles. The van der Waals surface area contributed by atoms with E-state index in [4.69, 9.17) is 0 Å². The SMILES string of the molecule is Cc1cc(N(C)CCc2cccs2)ccc1CBr. The monoisotopic (exact) mass is 323 g/mol. The summed E-state index contributed by atoms with van der Waals surface area (Å²) >= 11 is 5.35. The Morgan fingerprint density at radius 1 is 1.28 bits per heavy atom. The first kappa shape index (κ1) is 13.6. The molecule has 1 aromatic carbocycles. The van der Waals surface area contributed by atoms with Gasteiger partial charge in [-0.05, 0) is 48.1 Å². The molecular weight excluding hydrogens is 306 g/mol. The van der Waals surface area contributed by atoms with E-state index in [-0.39, 0.29) is 0 Å². The molecule has 0 N–H and O–H groups in total. The van der Waals surface area contributed by atoms with E-state index in [1.807, 2.05) is 11.3 Å². The van der Waals surface area contributed by atoms with Gasteiger partial charge in [0, 0.05) is 29.5 Å². The maximum Gasteiger partial charge on any atom is 0.0366 e. The smallest absolute Gasteiger partial charge is 0.0366 e. The Kier molecular flexibility index (Phi) is 4.84. The number of thiophene rings is 1. The van der Waals surface area contributed by atoms with Gasteiger partial charge >= 0.3 is 0 Å². The molecule has 1 nitrogen and oxygen atoms in total. The van der Waals surface area contributed by atoms with Crippen molar-refractivity contribution in [2.24, 2.45) is 0 Å². The third-order valence-corrected chi connectivity index (χ3v) is 4.72. The van der Waals surface area contributed by atoms with Crippen molar-refractivity contribution >= 4 is 33.0 Å². The molecule has 0 bridgehead atoms. The highest BCUT2D eigenvalue weighted by molar-refractivity contribution is 9.08. The summed E-state index contributed by atoms with van der Waals surface area (Å²) in [6.45, 7) is 3.24. The predicted molar refractivity (Wildman–Crippen MR) is 85.1 cm³/mol. The lowest BCUT2D eigenvalue weighted by Gasteiger charge is -2.20. The van der Waals surface area contributed by atoms with Crippen LogP contribution in [0.3, 0.4) is 0 Å². The first-order valence-corrected chi connectivity index (χ1v) is 8.10. The first-order chi connectivity index (χ1) is 8.70. The number of hydrogen-bond donors (Lipinski definition) is 0. The Labute approximate surface area is 122 Å². The number of aryl methyl sites for hydroxylation is 1. The van der Waals surface area contributed by atoms with Gasteiger partial charge in [-0.1, -0.05) is 28.1 Å². The minimum Gasteiger partial charge on any atom is -0.374 e. The van der Waals surface area contributed by atoms with Gasteiger partial charge in [-0.15, -0.1) is 11.3 Å². The second kappa shape index (κ2) is 6.39. The summed E-state index contributed by atoms with van der Waals surface area (Å²) in [7, 11) is 2.16. The summed E-state index contributed by atoms with van der Waals surface area (Å²) in [5.41, 5.74) is 4.02. The van der Waals surface area contributed by atoms with Crippen LogP contribution in [0, 0.1) is 6.92 Å². The average Bonchev–Trinajstić information content (AvgIpc) is 2.89. The number of alkyl halides is 1. The van der Waals surface area contributed by atoms with Crippen molar-refractivity contribution in [1.82, 2.24) is 0 Å². The van der Waals surface area contributed by atoms with E-state index in [1.165, 1.54) is 21.7 Å². The van der Waals surface area contributed by atoms with E-state index in [1.54, 1.807) is 0 Å². The lowest BCUT2D eigenvalue weighted by molar-refractivity contribution is 0.886. The van der Waals surface area contributed by atoms with Gasteiger partial charge < -0.3 is 4.90 Å². The first-order valence-electron chi connectivity index (χ1n) is 6.09. The Balaban J connectivity index is 2.00. The van der Waals surface area contributed by atoms with Gasteiger partial charge in [0.2, 0.25) is 0 Å². The van der Waals surface area contributed by atoms with Gasteiger partial charge in [0.25, 0.3) is 0 Å². The molecular formula is C15H18BrNS. The van der Waals surface area contributed by atoms with Gasteiger partial charge in [-0.2, -0.15) is 0 Å². The van der Waals surface area contributed by atoms with Crippen LogP contribution in [0.25, 0.3) is 0 Å². The van der Waals surface area contributed by atoms with Crippen molar-refractivity contribution in [2.75, 3.05) is 18.5 Å². The molecule has 2 aromatic rings. The Bertz CT molecular complexity index is 493. The fourth-order valence-electron chi connectivity index (χ4n) is 1.93. The standard InChI is InChI=1S/C15H18BrNS/c1-12-10-14(6-5-13(12)11-16)17(2)8-7-15-4-3-9-18-15/h3-6,9-10H,7-8,11H2,1-2H3. The summed E-state index contributed by atoms with van der Waals surface area (Å²) in [5.74, 6) is 0. The fourth-order valence-corrected chi connectivity index (χ4v) is 3.26. The molecule has 96 valence electrons. The summed E-state index contributed by atoms with van der Waals surface area (Å²) in [6, 6.07) is 11.0. The second-order valence-electron chi connectivity index (χ2n) is 4.50. The summed E-state index contributed by atoms with van der Waals surface area (Å²) in [5, 5.41) is 3.07. The Morgan fingerprint density at radius 2 is 2.11 bits per heavy atom. The third kappa shape index (κ3) is 3.36. The Hall–Kier alpha value is -0.800. The van der Waals surface area contributed by atoms with Crippen molar-refractivity contribution in [3.05, 3.63) is 51.7 Å². The van der Waals surface area contributed by atoms with E-state index in [2.05, 4.69) is 70.5 Å². The highest BCUT2D eigenvalue weighted by Gasteiger charge is 2.04. The van der Waals surface area contributed by atoms with Gasteiger partial charge in [0.05, 0.1) is 0 Å². The van der Waals surface area contributed by atoms with Crippen molar-refractivity contribution in [3.8, 4) is 0 Å². The number of halogens is 1. The van der Waals surface area contributed by atoms with Crippen molar-refractivity contribution in [3.63, 3.8) is 0 Å². The number of rotatable bonds is 5. The molecule has 0 saturated carbocycles. The maximum atomic E-state index is 3.51. The molecule has 0 fully saturated rings. The zero-order valence-electron chi connectivity index (χ0n) is 10.8. The summed E-state index contributed by atoms with van der Waals surface area (Å²) in [4.78, 5) is 3.78. The van der Waals surface area contributed by atoms with Gasteiger partial charge in [-0.3, -0.25) is 0 Å². The van der Waals surface area contributed by atoms with Crippen molar-refractivity contribution in [2.45, 2.75) is 18.7 Å². The third-order valence-electron chi connectivity index (χ3n) is 3.18. The molecule has 18 heavy (non-hydrogen) atoms. The number of nitrogens with zero attached hydrogens (tertiary/aromatic N) is 1. The minimum absolute atomic E-state index is 0.929. The zero-order valence-corrected chi connectivity index (χ0v) is 13.2. The van der Waals surface area contributed by atoms with E-state index in [9.17, 15) is 0 Å². The van der Waals surface area contributed by atoms with Crippen LogP contribution in [-0.4, -0.2) is 13.6 Å². The lowest BCUT2D eigenvalue weighted by Crippen LogP contribution is -2.20. The topological polar surface area (TPSA) is 3.24 Å². The normalized spacial score (nSPS) is 10.6. The number of likely N-dealkylation sites (N-methyl/N-ethyl adjacent to an activating group) is 1. The molecule has 0 aliphatic rings. The van der Waals surface area contributed by atoms with Crippen molar-refractivity contribution in [1.29, 1.82) is 0 Å². The molecule has 0 spiro atoms. The molecule has 3 heteroatoms. The highest BCUT2D eigenvalue weighted by Crippen LogP contribution is 2.20. The lowest BCUT2D eigenvalue weighted by atomic mass is 10.1. The summed E-state index contributed by atoms with van der Waals surface area (Å²) < 4.78 is 0. The van der Waals surface area contributed by atoms with Crippen LogP contribution in [0.5, 0.6) is 0 Å². The molecule has 0 unspecified atom stereocenters. The van der Waals surface area contributed by atoms with Gasteiger partial charge in [0.15, 0.2) is 0 Å². The Morgan fingerprint density at radius 3 is 2.72 bits per heavy atom. The fraction of sp³-hybridized carbons (Fsp3) is 0.333. The predicted octanol–water partition coefficient (Wildman–Crippen LogP) is 4.63. The van der Waals surface area contributed by atoms with E-state index in [0.29, 0.717) is 0 Å². The molecule has 0 amide bonds. The van der Waals surface area contributed by atoms with E-state index < -0.39 is 0 Å². The van der Waals surface area contributed by atoms with Crippen LogP contribution >= 0.6 is 27.3 Å². The molecule has 0 aliphatic heterocycles. The second-order valence-corrected chi connectivity index (χ2v) is 6.09. The minimum atomic E-state index is 0.929. The van der Waals surface area contributed by atoms with Gasteiger partial charge in [-0.25, -0.2) is 0 Å². The van der Waals surface area contributed by atoms with Crippen LogP contribution in [0.2, 0.25) is 0 Å². The quantitative estimate of drug-likeness (QED) is 0.725. The molecule has 0 atom stereocenters. The number of hydrogen-bond acceptors (Lipinski definition) is 2. The zero-order chi connectivity index (χ0) is 13.0. The summed E-state index contributed by atoms with van der Waals surface area (Å²) in [6.07, 6.45) is 1.12. The largest absolute Gasteiger partial charge is 0.374 e. The van der Waals surface area contributed by atoms with Crippen LogP contribution in [0.1, 0.15) is 16.0 Å².